The van der Waals surface area contributed by atoms with Gasteiger partial charge in [0, 0.05) is 12.6 Å². The molecule has 2 N–H and O–H groups in total. The van der Waals surface area contributed by atoms with Gasteiger partial charge >= 0.3 is 0 Å². The highest BCUT2D eigenvalue weighted by Crippen LogP contribution is 2.28. The molecule has 1 atom stereocenters. The van der Waals surface area contributed by atoms with Crippen molar-refractivity contribution in [1.82, 2.24) is 4.90 Å². The first kappa shape index (κ1) is 13.5. The molecule has 0 heterocycles. The van der Waals surface area contributed by atoms with Crippen molar-refractivity contribution in [3.05, 3.63) is 0 Å². The number of hydrogen-bond acceptors (Lipinski definition) is 2. The van der Waals surface area contributed by atoms with Crippen LogP contribution in [0.3, 0.4) is 0 Å². The van der Waals surface area contributed by atoms with Gasteiger partial charge in [0.25, 0.3) is 0 Å². The van der Waals surface area contributed by atoms with Gasteiger partial charge in [0.1, 0.15) is 0 Å². The fourth-order valence-corrected chi connectivity index (χ4v) is 1.73. The van der Waals surface area contributed by atoms with Gasteiger partial charge in [-0.3, -0.25) is 4.79 Å². The summed E-state index contributed by atoms with van der Waals surface area (Å²) in [5, 5.41) is 0. The molecule has 0 aromatic rings. The van der Waals surface area contributed by atoms with E-state index in [2.05, 4.69) is 13.8 Å². The number of amides is 1. The molecular weight excluding hydrogens is 200 g/mol. The summed E-state index contributed by atoms with van der Waals surface area (Å²) in [5.41, 5.74) is 5.94. The van der Waals surface area contributed by atoms with Crippen LogP contribution < -0.4 is 5.73 Å². The fourth-order valence-electron chi connectivity index (χ4n) is 1.73. The fraction of sp³-hybridized carbons (Fsp3) is 0.923. The maximum atomic E-state index is 12.2. The predicted molar refractivity (Wildman–Crippen MR) is 67.0 cm³/mol. The molecule has 1 amide bonds. The number of carbonyl (C=O) groups is 1. The summed E-state index contributed by atoms with van der Waals surface area (Å²) in [7, 11) is 0. The largest absolute Gasteiger partial charge is 0.338 e. The number of carbonyl (C=O) groups excluding carboxylic acids is 1. The zero-order valence-electron chi connectivity index (χ0n) is 11.1. The van der Waals surface area contributed by atoms with Crippen molar-refractivity contribution >= 4 is 5.91 Å². The highest BCUT2D eigenvalue weighted by atomic mass is 16.2. The van der Waals surface area contributed by atoms with E-state index in [4.69, 9.17) is 5.73 Å². The van der Waals surface area contributed by atoms with Gasteiger partial charge in [0.15, 0.2) is 0 Å². The van der Waals surface area contributed by atoms with Crippen molar-refractivity contribution < 1.29 is 4.79 Å². The first-order chi connectivity index (χ1) is 7.43. The monoisotopic (exact) mass is 226 g/mol. The topological polar surface area (TPSA) is 46.3 Å². The van der Waals surface area contributed by atoms with E-state index in [0.717, 1.165) is 25.8 Å². The molecule has 1 unspecified atom stereocenters. The molecular formula is C13H26N2O. The second-order valence-electron chi connectivity index (χ2n) is 5.72. The van der Waals surface area contributed by atoms with E-state index in [1.807, 2.05) is 18.7 Å². The van der Waals surface area contributed by atoms with Crippen LogP contribution in [0.4, 0.5) is 0 Å². The maximum absolute atomic E-state index is 12.2. The number of rotatable bonds is 6. The lowest BCUT2D eigenvalue weighted by Gasteiger charge is -2.27. The molecule has 1 saturated carbocycles. The second-order valence-corrected chi connectivity index (χ2v) is 5.72. The summed E-state index contributed by atoms with van der Waals surface area (Å²) in [5.74, 6) is 1.02. The first-order valence-electron chi connectivity index (χ1n) is 6.49. The second kappa shape index (κ2) is 5.67. The number of nitrogens with zero attached hydrogens (tertiary/aromatic N) is 1. The average molecular weight is 226 g/mol. The molecule has 0 saturated heterocycles. The highest BCUT2D eigenvalue weighted by Gasteiger charge is 2.35. The Morgan fingerprint density at radius 3 is 2.25 bits per heavy atom. The van der Waals surface area contributed by atoms with Crippen LogP contribution in [0.1, 0.15) is 47.0 Å². The third-order valence-corrected chi connectivity index (χ3v) is 3.22. The SMILES string of the molecule is CC(C)CCN(C(=O)C(N)C(C)C)C1CC1. The van der Waals surface area contributed by atoms with E-state index in [1.54, 1.807) is 0 Å². The molecule has 0 aromatic heterocycles. The molecule has 0 aromatic carbocycles. The van der Waals surface area contributed by atoms with Crippen molar-refractivity contribution in [2.75, 3.05) is 6.54 Å². The zero-order chi connectivity index (χ0) is 12.3. The van der Waals surface area contributed by atoms with Crippen LogP contribution in [0.15, 0.2) is 0 Å². The van der Waals surface area contributed by atoms with Crippen LogP contribution >= 0.6 is 0 Å². The van der Waals surface area contributed by atoms with Crippen LogP contribution in [0, 0.1) is 11.8 Å². The van der Waals surface area contributed by atoms with Crippen LogP contribution in [-0.4, -0.2) is 29.4 Å². The van der Waals surface area contributed by atoms with E-state index in [-0.39, 0.29) is 17.9 Å². The zero-order valence-corrected chi connectivity index (χ0v) is 11.1. The Morgan fingerprint density at radius 2 is 1.88 bits per heavy atom. The third-order valence-electron chi connectivity index (χ3n) is 3.22. The lowest BCUT2D eigenvalue weighted by Crippen LogP contribution is -2.48. The summed E-state index contributed by atoms with van der Waals surface area (Å²) in [6.45, 7) is 9.28. The number of hydrogen-bond donors (Lipinski definition) is 1. The Kier molecular flexibility index (Phi) is 4.78. The smallest absolute Gasteiger partial charge is 0.239 e. The van der Waals surface area contributed by atoms with Crippen LogP contribution in [0.5, 0.6) is 0 Å². The molecule has 3 heteroatoms. The molecule has 0 radical (unpaired) electrons. The maximum Gasteiger partial charge on any atom is 0.239 e. The highest BCUT2D eigenvalue weighted by molar-refractivity contribution is 5.82. The van der Waals surface area contributed by atoms with E-state index in [1.165, 1.54) is 0 Å². The minimum atomic E-state index is -0.326. The molecule has 1 aliphatic rings. The summed E-state index contributed by atoms with van der Waals surface area (Å²) in [6.07, 6.45) is 3.40. The van der Waals surface area contributed by atoms with Crippen molar-refractivity contribution in [2.24, 2.45) is 17.6 Å². The van der Waals surface area contributed by atoms with Crippen LogP contribution in [0.2, 0.25) is 0 Å². The quantitative estimate of drug-likeness (QED) is 0.753. The third kappa shape index (κ3) is 3.78. The summed E-state index contributed by atoms with van der Waals surface area (Å²) in [6, 6.07) is 0.156. The molecule has 0 aliphatic heterocycles. The van der Waals surface area contributed by atoms with E-state index < -0.39 is 0 Å². The van der Waals surface area contributed by atoms with Gasteiger partial charge in [-0.2, -0.15) is 0 Å². The first-order valence-corrected chi connectivity index (χ1v) is 6.49. The Balaban J connectivity index is 2.52. The normalized spacial score (nSPS) is 17.9. The number of nitrogens with two attached hydrogens (primary N) is 1. The lowest BCUT2D eigenvalue weighted by molar-refractivity contribution is -0.134. The van der Waals surface area contributed by atoms with Crippen LogP contribution in [-0.2, 0) is 4.79 Å². The van der Waals surface area contributed by atoms with Gasteiger partial charge in [0.05, 0.1) is 6.04 Å². The Bertz CT molecular complexity index is 234. The van der Waals surface area contributed by atoms with Gasteiger partial charge in [-0.15, -0.1) is 0 Å². The molecule has 1 rings (SSSR count). The van der Waals surface area contributed by atoms with Crippen molar-refractivity contribution in [3.63, 3.8) is 0 Å². The summed E-state index contributed by atoms with van der Waals surface area (Å²) >= 11 is 0. The standard InChI is InChI=1S/C13H26N2O/c1-9(2)7-8-15(11-5-6-11)13(16)12(14)10(3)4/h9-12H,5-8,14H2,1-4H3. The van der Waals surface area contributed by atoms with E-state index in [9.17, 15) is 4.79 Å². The summed E-state index contributed by atoms with van der Waals surface area (Å²) < 4.78 is 0. The predicted octanol–water partition coefficient (Wildman–Crippen LogP) is 2.01. The molecule has 0 spiro atoms. The van der Waals surface area contributed by atoms with E-state index in [0.29, 0.717) is 12.0 Å². The van der Waals surface area contributed by atoms with Crippen molar-refractivity contribution in [3.8, 4) is 0 Å². The van der Waals surface area contributed by atoms with Gasteiger partial charge in [-0.05, 0) is 31.1 Å². The molecule has 3 nitrogen and oxygen atoms in total. The lowest BCUT2D eigenvalue weighted by atomic mass is 10.0. The molecule has 1 fully saturated rings. The van der Waals surface area contributed by atoms with Crippen LogP contribution in [0.25, 0.3) is 0 Å². The Hall–Kier alpha value is -0.570. The molecule has 0 bridgehead atoms. The Morgan fingerprint density at radius 1 is 1.31 bits per heavy atom. The molecule has 16 heavy (non-hydrogen) atoms. The average Bonchev–Trinajstić information content (AvgIpc) is 3.00. The van der Waals surface area contributed by atoms with Gasteiger partial charge in [-0.1, -0.05) is 27.7 Å². The Labute approximate surface area is 99.4 Å². The minimum absolute atomic E-state index is 0.151. The van der Waals surface area contributed by atoms with Crippen molar-refractivity contribution in [2.45, 2.75) is 59.0 Å². The summed E-state index contributed by atoms with van der Waals surface area (Å²) in [4.78, 5) is 14.2. The van der Waals surface area contributed by atoms with E-state index >= 15 is 0 Å². The molecule has 94 valence electrons. The molecule has 1 aliphatic carbocycles. The van der Waals surface area contributed by atoms with Gasteiger partial charge in [-0.25, -0.2) is 0 Å². The van der Waals surface area contributed by atoms with Gasteiger partial charge < -0.3 is 10.6 Å². The van der Waals surface area contributed by atoms with Gasteiger partial charge in [0.2, 0.25) is 5.91 Å². The minimum Gasteiger partial charge on any atom is -0.338 e. The van der Waals surface area contributed by atoms with Crippen molar-refractivity contribution in [1.29, 1.82) is 0 Å².